The third-order valence-corrected chi connectivity index (χ3v) is 5.44. The highest BCUT2D eigenvalue weighted by Gasteiger charge is 2.17. The molecule has 0 spiro atoms. The molecule has 0 aliphatic rings. The summed E-state index contributed by atoms with van der Waals surface area (Å²) in [5.41, 5.74) is 2.39. The maximum absolute atomic E-state index is 12.2. The molecule has 2 aromatic carbocycles. The van der Waals surface area contributed by atoms with E-state index in [4.69, 9.17) is 9.47 Å². The zero-order valence-corrected chi connectivity index (χ0v) is 19.0. The van der Waals surface area contributed by atoms with Crippen LogP contribution >= 0.6 is 11.3 Å². The van der Waals surface area contributed by atoms with Gasteiger partial charge >= 0.3 is 0 Å². The lowest BCUT2D eigenvalue weighted by atomic mass is 10.1. The van der Waals surface area contributed by atoms with Crippen LogP contribution in [0, 0.1) is 0 Å². The summed E-state index contributed by atoms with van der Waals surface area (Å²) in [6.45, 7) is 1.98. The molecule has 0 saturated heterocycles. The van der Waals surface area contributed by atoms with Gasteiger partial charge in [-0.3, -0.25) is 14.5 Å². The number of carbonyl (C=O) groups is 2. The number of ether oxygens (including phenoxy) is 2. The fourth-order valence-electron chi connectivity index (χ4n) is 3.05. The number of nitrogens with zero attached hydrogens (tertiary/aromatic N) is 2. The number of hydrogen-bond acceptors (Lipinski definition) is 6. The average Bonchev–Trinajstić information content (AvgIpc) is 3.26. The summed E-state index contributed by atoms with van der Waals surface area (Å²) in [6, 6.07) is 15.0. The molecule has 0 fully saturated rings. The highest BCUT2D eigenvalue weighted by atomic mass is 32.1. The normalized spacial score (nSPS) is 10.7. The molecule has 0 aliphatic heterocycles. The predicted octanol–water partition coefficient (Wildman–Crippen LogP) is 4.22. The molecule has 1 heterocycles. The van der Waals surface area contributed by atoms with Crippen molar-refractivity contribution >= 4 is 40.0 Å². The smallest absolute Gasteiger partial charge is 0.244 e. The van der Waals surface area contributed by atoms with E-state index in [0.29, 0.717) is 35.3 Å². The Kier molecular flexibility index (Phi) is 7.99. The highest BCUT2D eigenvalue weighted by Crippen LogP contribution is 2.29. The van der Waals surface area contributed by atoms with Crippen molar-refractivity contribution in [1.29, 1.82) is 0 Å². The average molecular weight is 452 g/mol. The third-order valence-electron chi connectivity index (χ3n) is 4.60. The topological polar surface area (TPSA) is 80.8 Å². The van der Waals surface area contributed by atoms with Gasteiger partial charge in [0.15, 0.2) is 16.6 Å². The largest absolute Gasteiger partial charge is 0.493 e. The summed E-state index contributed by atoms with van der Waals surface area (Å²) in [6.07, 6.45) is 3.73. The SMILES string of the molecule is COc1ccc(CCNC(=O)/C=C/c2csc(N(C(C)=O)c3ccccc3)n2)cc1OC. The molecule has 1 aromatic heterocycles. The van der Waals surface area contributed by atoms with E-state index in [0.717, 1.165) is 11.3 Å². The van der Waals surface area contributed by atoms with Crippen LogP contribution in [0.1, 0.15) is 18.2 Å². The van der Waals surface area contributed by atoms with Gasteiger partial charge in [-0.1, -0.05) is 24.3 Å². The van der Waals surface area contributed by atoms with E-state index < -0.39 is 0 Å². The molecular formula is C24H25N3O4S. The zero-order chi connectivity index (χ0) is 22.9. The molecule has 7 nitrogen and oxygen atoms in total. The second-order valence-corrected chi connectivity index (χ2v) is 7.65. The summed E-state index contributed by atoms with van der Waals surface area (Å²) in [4.78, 5) is 30.3. The lowest BCUT2D eigenvalue weighted by molar-refractivity contribution is -0.117. The van der Waals surface area contributed by atoms with E-state index in [1.807, 2.05) is 53.9 Å². The Morgan fingerprint density at radius 1 is 1.09 bits per heavy atom. The number of hydrogen-bond donors (Lipinski definition) is 1. The molecule has 0 unspecified atom stereocenters. The molecule has 1 N–H and O–H groups in total. The van der Waals surface area contributed by atoms with Crippen molar-refractivity contribution in [2.75, 3.05) is 25.7 Å². The van der Waals surface area contributed by atoms with Crippen LogP contribution in [-0.4, -0.2) is 37.6 Å². The molecular weight excluding hydrogens is 426 g/mol. The summed E-state index contributed by atoms with van der Waals surface area (Å²) in [7, 11) is 3.18. The van der Waals surface area contributed by atoms with Crippen LogP contribution in [0.4, 0.5) is 10.8 Å². The first kappa shape index (κ1) is 23.0. The Balaban J connectivity index is 1.56. The molecule has 0 bridgehead atoms. The van der Waals surface area contributed by atoms with Crippen molar-refractivity contribution in [2.24, 2.45) is 0 Å². The van der Waals surface area contributed by atoms with Crippen molar-refractivity contribution in [3.8, 4) is 11.5 Å². The zero-order valence-electron chi connectivity index (χ0n) is 18.2. The van der Waals surface area contributed by atoms with Crippen molar-refractivity contribution in [3.63, 3.8) is 0 Å². The Hall–Kier alpha value is -3.65. The molecule has 3 rings (SSSR count). The number of para-hydroxylation sites is 1. The molecule has 0 aliphatic carbocycles. The van der Waals surface area contributed by atoms with E-state index in [1.165, 1.54) is 24.3 Å². The van der Waals surface area contributed by atoms with Crippen molar-refractivity contribution < 1.29 is 19.1 Å². The van der Waals surface area contributed by atoms with E-state index >= 15 is 0 Å². The summed E-state index contributed by atoms with van der Waals surface area (Å²) in [5, 5.41) is 5.21. The fraction of sp³-hybridized carbons (Fsp3) is 0.208. The Morgan fingerprint density at radius 2 is 1.84 bits per heavy atom. The van der Waals surface area contributed by atoms with E-state index in [9.17, 15) is 9.59 Å². The number of anilines is 2. The van der Waals surface area contributed by atoms with Crippen LogP contribution in [0.25, 0.3) is 6.08 Å². The van der Waals surface area contributed by atoms with Gasteiger partial charge in [0.2, 0.25) is 11.8 Å². The summed E-state index contributed by atoms with van der Waals surface area (Å²) in [5.74, 6) is 0.979. The van der Waals surface area contributed by atoms with E-state index in [1.54, 1.807) is 25.2 Å². The molecule has 166 valence electrons. The maximum atomic E-state index is 12.2. The van der Waals surface area contributed by atoms with Gasteiger partial charge in [-0.15, -0.1) is 11.3 Å². The molecule has 0 saturated carbocycles. The van der Waals surface area contributed by atoms with Crippen LogP contribution in [-0.2, 0) is 16.0 Å². The first-order valence-electron chi connectivity index (χ1n) is 10.00. The second kappa shape index (κ2) is 11.1. The maximum Gasteiger partial charge on any atom is 0.244 e. The van der Waals surface area contributed by atoms with E-state index in [2.05, 4.69) is 10.3 Å². The molecule has 3 aromatic rings. The van der Waals surface area contributed by atoms with Crippen LogP contribution in [0.15, 0.2) is 60.0 Å². The van der Waals surface area contributed by atoms with Gasteiger partial charge in [-0.05, 0) is 42.3 Å². The fourth-order valence-corrected chi connectivity index (χ4v) is 3.90. The van der Waals surface area contributed by atoms with Crippen molar-refractivity contribution in [2.45, 2.75) is 13.3 Å². The van der Waals surface area contributed by atoms with Gasteiger partial charge < -0.3 is 14.8 Å². The third kappa shape index (κ3) is 5.95. The first-order valence-corrected chi connectivity index (χ1v) is 10.9. The first-order chi connectivity index (χ1) is 15.5. The molecule has 8 heteroatoms. The van der Waals surface area contributed by atoms with Gasteiger partial charge in [-0.2, -0.15) is 0 Å². The minimum atomic E-state index is -0.216. The highest BCUT2D eigenvalue weighted by molar-refractivity contribution is 7.14. The van der Waals surface area contributed by atoms with Crippen LogP contribution in [0.3, 0.4) is 0 Å². The van der Waals surface area contributed by atoms with Gasteiger partial charge in [0, 0.05) is 24.9 Å². The van der Waals surface area contributed by atoms with Gasteiger partial charge in [0.05, 0.1) is 25.6 Å². The monoisotopic (exact) mass is 451 g/mol. The van der Waals surface area contributed by atoms with Gasteiger partial charge in [0.25, 0.3) is 0 Å². The van der Waals surface area contributed by atoms with Crippen molar-refractivity contribution in [1.82, 2.24) is 10.3 Å². The summed E-state index contributed by atoms with van der Waals surface area (Å²) < 4.78 is 10.5. The van der Waals surface area contributed by atoms with E-state index in [-0.39, 0.29) is 11.8 Å². The minimum Gasteiger partial charge on any atom is -0.493 e. The van der Waals surface area contributed by atoms with Crippen LogP contribution in [0.5, 0.6) is 11.5 Å². The molecule has 0 atom stereocenters. The predicted molar refractivity (Wildman–Crippen MR) is 127 cm³/mol. The number of carbonyl (C=O) groups excluding carboxylic acids is 2. The molecule has 0 radical (unpaired) electrons. The number of rotatable bonds is 9. The Bertz CT molecular complexity index is 1100. The lowest BCUT2D eigenvalue weighted by Gasteiger charge is -2.17. The number of thiazole rings is 1. The Labute approximate surface area is 191 Å². The molecule has 32 heavy (non-hydrogen) atoms. The summed E-state index contributed by atoms with van der Waals surface area (Å²) >= 11 is 1.34. The molecule has 2 amide bonds. The number of benzene rings is 2. The second-order valence-electron chi connectivity index (χ2n) is 6.81. The van der Waals surface area contributed by atoms with Crippen molar-refractivity contribution in [3.05, 3.63) is 71.2 Å². The number of nitrogens with one attached hydrogen (secondary N) is 1. The van der Waals surface area contributed by atoms with Crippen LogP contribution in [0.2, 0.25) is 0 Å². The van der Waals surface area contributed by atoms with Gasteiger partial charge in [-0.25, -0.2) is 4.98 Å². The number of aromatic nitrogens is 1. The standard InChI is InChI=1S/C24H25N3O4S/c1-17(28)27(20-7-5-4-6-8-20)24-26-19(16-32-24)10-12-23(29)25-14-13-18-9-11-21(30-2)22(15-18)31-3/h4-12,15-16H,13-14H2,1-3H3,(H,25,29)/b12-10+. The number of amides is 2. The lowest BCUT2D eigenvalue weighted by Crippen LogP contribution is -2.23. The minimum absolute atomic E-state index is 0.131. The Morgan fingerprint density at radius 3 is 2.53 bits per heavy atom. The number of methoxy groups -OCH3 is 2. The van der Waals surface area contributed by atoms with Crippen LogP contribution < -0.4 is 19.7 Å². The quantitative estimate of drug-likeness (QED) is 0.493. The van der Waals surface area contributed by atoms with Gasteiger partial charge in [0.1, 0.15) is 0 Å².